The van der Waals surface area contributed by atoms with E-state index in [4.69, 9.17) is 5.73 Å². The number of imidazole rings is 1. The van der Waals surface area contributed by atoms with E-state index >= 15 is 0 Å². The number of aryl methyl sites for hydroxylation is 1. The van der Waals surface area contributed by atoms with Gasteiger partial charge in [0.25, 0.3) is 0 Å². The molecule has 0 atom stereocenters. The fraction of sp³-hybridized carbons (Fsp3) is 0.357. The van der Waals surface area contributed by atoms with Gasteiger partial charge in [0, 0.05) is 30.2 Å². The molecule has 1 heterocycles. The quantitative estimate of drug-likeness (QED) is 0.641. The Balaban J connectivity index is 2.05. The van der Waals surface area contributed by atoms with Gasteiger partial charge >= 0.3 is 0 Å². The highest BCUT2D eigenvalue weighted by atomic mass is 32.2. The summed E-state index contributed by atoms with van der Waals surface area (Å²) in [6.07, 6.45) is 5.08. The standard InChI is InChI=1S/C14H19N3S/c1-2-18-11-3-9-17-10-8-16-14(17)12-4-6-13(15)7-5-12/h4-8,10H,2-3,9,11,15H2,1H3. The molecule has 0 aliphatic heterocycles. The van der Waals surface area contributed by atoms with Crippen molar-refractivity contribution < 1.29 is 0 Å². The first-order chi connectivity index (χ1) is 8.81. The second kappa shape index (κ2) is 6.50. The van der Waals surface area contributed by atoms with Crippen LogP contribution in [0.5, 0.6) is 0 Å². The van der Waals surface area contributed by atoms with Crippen molar-refractivity contribution in [2.24, 2.45) is 0 Å². The number of hydrogen-bond acceptors (Lipinski definition) is 3. The molecule has 1 aromatic carbocycles. The van der Waals surface area contributed by atoms with Gasteiger partial charge in [0.15, 0.2) is 0 Å². The third kappa shape index (κ3) is 3.29. The van der Waals surface area contributed by atoms with E-state index in [0.29, 0.717) is 0 Å². The van der Waals surface area contributed by atoms with Crippen molar-refractivity contribution in [3.63, 3.8) is 0 Å². The van der Waals surface area contributed by atoms with Gasteiger partial charge in [-0.05, 0) is 42.2 Å². The topological polar surface area (TPSA) is 43.8 Å². The second-order valence-corrected chi connectivity index (χ2v) is 5.51. The van der Waals surface area contributed by atoms with Crippen LogP contribution in [0.25, 0.3) is 11.4 Å². The Bertz CT molecular complexity index is 476. The Hall–Kier alpha value is -1.42. The zero-order chi connectivity index (χ0) is 12.8. The van der Waals surface area contributed by atoms with Crippen LogP contribution in [0.1, 0.15) is 13.3 Å². The highest BCUT2D eigenvalue weighted by Crippen LogP contribution is 2.19. The van der Waals surface area contributed by atoms with Crippen molar-refractivity contribution in [2.45, 2.75) is 19.9 Å². The average molecular weight is 261 g/mol. The highest BCUT2D eigenvalue weighted by Gasteiger charge is 2.05. The summed E-state index contributed by atoms with van der Waals surface area (Å²) in [7, 11) is 0. The summed E-state index contributed by atoms with van der Waals surface area (Å²) < 4.78 is 2.21. The maximum atomic E-state index is 5.70. The fourth-order valence-electron chi connectivity index (χ4n) is 1.86. The van der Waals surface area contributed by atoms with E-state index in [0.717, 1.165) is 23.6 Å². The summed E-state index contributed by atoms with van der Waals surface area (Å²) >= 11 is 1.98. The molecule has 0 saturated heterocycles. The van der Waals surface area contributed by atoms with Crippen LogP contribution in [-0.2, 0) is 6.54 Å². The average Bonchev–Trinajstić information content (AvgIpc) is 2.84. The molecule has 0 radical (unpaired) electrons. The molecule has 2 N–H and O–H groups in total. The first-order valence-electron chi connectivity index (χ1n) is 6.26. The molecule has 0 bridgehead atoms. The predicted octanol–water partition coefficient (Wildman–Crippen LogP) is 3.28. The van der Waals surface area contributed by atoms with Crippen LogP contribution >= 0.6 is 11.8 Å². The largest absolute Gasteiger partial charge is 0.399 e. The number of anilines is 1. The molecule has 0 saturated carbocycles. The van der Waals surface area contributed by atoms with Crippen LogP contribution in [-0.4, -0.2) is 21.1 Å². The van der Waals surface area contributed by atoms with E-state index in [-0.39, 0.29) is 0 Å². The zero-order valence-corrected chi connectivity index (χ0v) is 11.5. The maximum Gasteiger partial charge on any atom is 0.139 e. The second-order valence-electron chi connectivity index (χ2n) is 4.12. The van der Waals surface area contributed by atoms with E-state index in [1.165, 1.54) is 17.9 Å². The van der Waals surface area contributed by atoms with Gasteiger partial charge < -0.3 is 10.3 Å². The van der Waals surface area contributed by atoms with Crippen LogP contribution in [0.3, 0.4) is 0 Å². The lowest BCUT2D eigenvalue weighted by molar-refractivity contribution is 0.690. The lowest BCUT2D eigenvalue weighted by Crippen LogP contribution is -2.01. The van der Waals surface area contributed by atoms with Crippen LogP contribution in [0.2, 0.25) is 0 Å². The van der Waals surface area contributed by atoms with Crippen LogP contribution in [0.4, 0.5) is 5.69 Å². The van der Waals surface area contributed by atoms with E-state index in [9.17, 15) is 0 Å². The SMILES string of the molecule is CCSCCCn1ccnc1-c1ccc(N)cc1. The predicted molar refractivity (Wildman–Crippen MR) is 79.7 cm³/mol. The summed E-state index contributed by atoms with van der Waals surface area (Å²) in [5, 5.41) is 0. The summed E-state index contributed by atoms with van der Waals surface area (Å²) in [4.78, 5) is 4.43. The molecule has 1 aromatic heterocycles. The Morgan fingerprint density at radius 1 is 1.28 bits per heavy atom. The Labute approximate surface area is 112 Å². The lowest BCUT2D eigenvalue weighted by Gasteiger charge is -2.07. The van der Waals surface area contributed by atoms with Gasteiger partial charge in [-0.3, -0.25) is 0 Å². The Kier molecular flexibility index (Phi) is 4.70. The molecule has 0 unspecified atom stereocenters. The molecule has 3 nitrogen and oxygen atoms in total. The number of hydrogen-bond donors (Lipinski definition) is 1. The van der Waals surface area contributed by atoms with E-state index < -0.39 is 0 Å². The van der Waals surface area contributed by atoms with E-state index in [1.54, 1.807) is 0 Å². The molecular weight excluding hydrogens is 242 g/mol. The van der Waals surface area contributed by atoms with Crippen molar-refractivity contribution in [3.05, 3.63) is 36.7 Å². The number of nitrogens with zero attached hydrogens (tertiary/aromatic N) is 2. The van der Waals surface area contributed by atoms with Crippen LogP contribution in [0.15, 0.2) is 36.7 Å². The van der Waals surface area contributed by atoms with Crippen molar-refractivity contribution in [3.8, 4) is 11.4 Å². The van der Waals surface area contributed by atoms with E-state index in [2.05, 4.69) is 16.5 Å². The Morgan fingerprint density at radius 2 is 2.06 bits per heavy atom. The highest BCUT2D eigenvalue weighted by molar-refractivity contribution is 7.99. The molecule has 4 heteroatoms. The monoisotopic (exact) mass is 261 g/mol. The minimum absolute atomic E-state index is 0.788. The van der Waals surface area contributed by atoms with Gasteiger partial charge in [0.05, 0.1) is 0 Å². The number of benzene rings is 1. The lowest BCUT2D eigenvalue weighted by atomic mass is 10.2. The summed E-state index contributed by atoms with van der Waals surface area (Å²) in [5.41, 5.74) is 7.61. The minimum Gasteiger partial charge on any atom is -0.399 e. The number of rotatable bonds is 6. The van der Waals surface area contributed by atoms with Gasteiger partial charge in [-0.2, -0.15) is 11.8 Å². The van der Waals surface area contributed by atoms with Crippen molar-refractivity contribution >= 4 is 17.4 Å². The molecule has 96 valence electrons. The van der Waals surface area contributed by atoms with Crippen molar-refractivity contribution in [1.29, 1.82) is 0 Å². The normalized spacial score (nSPS) is 10.7. The molecule has 0 amide bonds. The molecule has 0 aliphatic carbocycles. The fourth-order valence-corrected chi connectivity index (χ4v) is 2.49. The summed E-state index contributed by atoms with van der Waals surface area (Å²) in [6, 6.07) is 7.88. The van der Waals surface area contributed by atoms with Gasteiger partial charge in [0.1, 0.15) is 5.82 Å². The maximum absolute atomic E-state index is 5.70. The zero-order valence-electron chi connectivity index (χ0n) is 10.7. The molecule has 0 spiro atoms. The van der Waals surface area contributed by atoms with Gasteiger partial charge in [0.2, 0.25) is 0 Å². The molecule has 2 rings (SSSR count). The molecule has 0 fully saturated rings. The third-order valence-corrected chi connectivity index (χ3v) is 3.76. The molecule has 0 aliphatic rings. The smallest absolute Gasteiger partial charge is 0.139 e. The third-order valence-electron chi connectivity index (χ3n) is 2.78. The Morgan fingerprint density at radius 3 is 2.78 bits per heavy atom. The van der Waals surface area contributed by atoms with Crippen LogP contribution < -0.4 is 5.73 Å². The number of thioether (sulfide) groups is 1. The number of nitrogen functional groups attached to an aromatic ring is 1. The van der Waals surface area contributed by atoms with Gasteiger partial charge in [-0.25, -0.2) is 4.98 Å². The molecule has 18 heavy (non-hydrogen) atoms. The summed E-state index contributed by atoms with van der Waals surface area (Å²) in [6.45, 7) is 3.22. The van der Waals surface area contributed by atoms with Gasteiger partial charge in [-0.1, -0.05) is 6.92 Å². The first kappa shape index (κ1) is 13.0. The van der Waals surface area contributed by atoms with Crippen molar-refractivity contribution in [2.75, 3.05) is 17.2 Å². The molecule has 2 aromatic rings. The van der Waals surface area contributed by atoms with Crippen LogP contribution in [0, 0.1) is 0 Å². The van der Waals surface area contributed by atoms with E-state index in [1.807, 2.05) is 48.4 Å². The number of nitrogens with two attached hydrogens (primary N) is 1. The van der Waals surface area contributed by atoms with Crippen molar-refractivity contribution in [1.82, 2.24) is 9.55 Å². The number of aromatic nitrogens is 2. The summed E-state index contributed by atoms with van der Waals surface area (Å²) in [5.74, 6) is 3.42. The first-order valence-corrected chi connectivity index (χ1v) is 7.41. The minimum atomic E-state index is 0.788. The van der Waals surface area contributed by atoms with Gasteiger partial charge in [-0.15, -0.1) is 0 Å². The molecular formula is C14H19N3S.